The van der Waals surface area contributed by atoms with E-state index in [1.54, 1.807) is 30.3 Å². The molecule has 0 amide bonds. The van der Waals surface area contributed by atoms with Crippen molar-refractivity contribution in [3.63, 3.8) is 0 Å². The standard InChI is InChI=1S/C12H9FN2O2S/c13-10-7-4-8-11-12(10)15(18(16,17)14-11)9-5-2-1-3-6-9/h1-8,14H. The fourth-order valence-corrected chi connectivity index (χ4v) is 3.30. The Morgan fingerprint density at radius 3 is 2.44 bits per heavy atom. The molecule has 0 atom stereocenters. The van der Waals surface area contributed by atoms with Crippen molar-refractivity contribution in [1.82, 2.24) is 0 Å². The van der Waals surface area contributed by atoms with E-state index in [1.165, 1.54) is 18.2 Å². The molecule has 18 heavy (non-hydrogen) atoms. The van der Waals surface area contributed by atoms with Crippen LogP contribution >= 0.6 is 0 Å². The molecule has 1 N–H and O–H groups in total. The summed E-state index contributed by atoms with van der Waals surface area (Å²) in [5, 5.41) is 0. The van der Waals surface area contributed by atoms with Crippen molar-refractivity contribution in [2.24, 2.45) is 0 Å². The zero-order valence-electron chi connectivity index (χ0n) is 9.17. The molecule has 0 saturated heterocycles. The topological polar surface area (TPSA) is 49.4 Å². The van der Waals surface area contributed by atoms with Crippen LogP contribution in [0, 0.1) is 5.82 Å². The van der Waals surface area contributed by atoms with Crippen LogP contribution in [0.25, 0.3) is 0 Å². The highest BCUT2D eigenvalue weighted by Crippen LogP contribution is 2.42. The van der Waals surface area contributed by atoms with Gasteiger partial charge in [0, 0.05) is 0 Å². The molecular formula is C12H9FN2O2S. The van der Waals surface area contributed by atoms with E-state index in [0.29, 0.717) is 5.69 Å². The maximum absolute atomic E-state index is 13.8. The summed E-state index contributed by atoms with van der Waals surface area (Å²) in [7, 11) is -3.78. The molecule has 1 aliphatic heterocycles. The van der Waals surface area contributed by atoms with Crippen molar-refractivity contribution < 1.29 is 12.8 Å². The van der Waals surface area contributed by atoms with Crippen LogP contribution in [-0.2, 0) is 10.2 Å². The molecule has 4 nitrogen and oxygen atoms in total. The van der Waals surface area contributed by atoms with E-state index in [9.17, 15) is 12.8 Å². The van der Waals surface area contributed by atoms with Gasteiger partial charge in [-0.15, -0.1) is 0 Å². The molecule has 6 heteroatoms. The van der Waals surface area contributed by atoms with Crippen LogP contribution in [0.1, 0.15) is 0 Å². The number of benzene rings is 2. The normalized spacial score (nSPS) is 16.2. The van der Waals surface area contributed by atoms with E-state index in [0.717, 1.165) is 4.31 Å². The molecule has 0 radical (unpaired) electrons. The van der Waals surface area contributed by atoms with Gasteiger partial charge in [0.2, 0.25) is 0 Å². The molecule has 0 aliphatic carbocycles. The molecule has 0 saturated carbocycles. The summed E-state index contributed by atoms with van der Waals surface area (Å²) in [6.07, 6.45) is 0. The highest BCUT2D eigenvalue weighted by molar-refractivity contribution is 7.95. The van der Waals surface area contributed by atoms with Crippen molar-refractivity contribution in [1.29, 1.82) is 0 Å². The molecule has 0 spiro atoms. The maximum Gasteiger partial charge on any atom is 0.328 e. The predicted molar refractivity (Wildman–Crippen MR) is 67.5 cm³/mol. The average Bonchev–Trinajstić information content (AvgIpc) is 2.62. The molecular weight excluding hydrogens is 255 g/mol. The van der Waals surface area contributed by atoms with Crippen molar-refractivity contribution in [3.8, 4) is 0 Å². The van der Waals surface area contributed by atoms with Gasteiger partial charge in [0.05, 0.1) is 11.4 Å². The number of anilines is 3. The summed E-state index contributed by atoms with van der Waals surface area (Å²) in [5.74, 6) is -0.579. The Balaban J connectivity index is 2.27. The predicted octanol–water partition coefficient (Wildman–Crippen LogP) is 2.63. The van der Waals surface area contributed by atoms with E-state index in [1.807, 2.05) is 0 Å². The minimum Gasteiger partial charge on any atom is -0.264 e. The van der Waals surface area contributed by atoms with Crippen LogP contribution in [-0.4, -0.2) is 8.42 Å². The second-order valence-corrected chi connectivity index (χ2v) is 5.36. The summed E-state index contributed by atoms with van der Waals surface area (Å²) in [4.78, 5) is 0. The van der Waals surface area contributed by atoms with Crippen LogP contribution in [0.3, 0.4) is 0 Å². The number of hydrogen-bond donors (Lipinski definition) is 1. The van der Waals surface area contributed by atoms with Crippen LogP contribution in [0.5, 0.6) is 0 Å². The Bertz CT molecular complexity index is 701. The van der Waals surface area contributed by atoms with Gasteiger partial charge in [-0.3, -0.25) is 4.72 Å². The smallest absolute Gasteiger partial charge is 0.264 e. The molecule has 2 aromatic rings. The average molecular weight is 264 g/mol. The Kier molecular flexibility index (Phi) is 2.27. The minimum absolute atomic E-state index is 0.0312. The van der Waals surface area contributed by atoms with Gasteiger partial charge >= 0.3 is 10.2 Å². The fourth-order valence-electron chi connectivity index (χ4n) is 1.94. The van der Waals surface area contributed by atoms with Gasteiger partial charge in [-0.2, -0.15) is 8.42 Å². The third kappa shape index (κ3) is 1.53. The summed E-state index contributed by atoms with van der Waals surface area (Å²) >= 11 is 0. The second-order valence-electron chi connectivity index (χ2n) is 3.84. The van der Waals surface area contributed by atoms with Gasteiger partial charge in [-0.1, -0.05) is 24.3 Å². The van der Waals surface area contributed by atoms with Crippen molar-refractivity contribution in [2.45, 2.75) is 0 Å². The monoisotopic (exact) mass is 264 g/mol. The first-order valence-corrected chi connectivity index (χ1v) is 6.70. The lowest BCUT2D eigenvalue weighted by Crippen LogP contribution is -2.25. The largest absolute Gasteiger partial charge is 0.328 e. The molecule has 0 fully saturated rings. The molecule has 0 bridgehead atoms. The molecule has 2 aromatic carbocycles. The van der Waals surface area contributed by atoms with Gasteiger partial charge < -0.3 is 0 Å². The minimum atomic E-state index is -3.78. The molecule has 92 valence electrons. The number of rotatable bonds is 1. The van der Waals surface area contributed by atoms with Gasteiger partial charge in [0.25, 0.3) is 0 Å². The number of para-hydroxylation sites is 2. The quantitative estimate of drug-likeness (QED) is 0.860. The second kappa shape index (κ2) is 3.71. The van der Waals surface area contributed by atoms with Gasteiger partial charge in [0.1, 0.15) is 11.5 Å². The Morgan fingerprint density at radius 1 is 1.00 bits per heavy atom. The van der Waals surface area contributed by atoms with Crippen LogP contribution in [0.2, 0.25) is 0 Å². The van der Waals surface area contributed by atoms with Gasteiger partial charge in [0.15, 0.2) is 0 Å². The first-order chi connectivity index (χ1) is 8.59. The fraction of sp³-hybridized carbons (Fsp3) is 0. The number of halogens is 1. The Morgan fingerprint density at radius 2 is 1.72 bits per heavy atom. The van der Waals surface area contributed by atoms with E-state index >= 15 is 0 Å². The van der Waals surface area contributed by atoms with E-state index in [4.69, 9.17) is 0 Å². The SMILES string of the molecule is O=S1(=O)Nc2cccc(F)c2N1c1ccccc1. The van der Waals surface area contributed by atoms with Gasteiger partial charge in [-0.05, 0) is 24.3 Å². The molecule has 0 aromatic heterocycles. The highest BCUT2D eigenvalue weighted by Gasteiger charge is 2.36. The van der Waals surface area contributed by atoms with Gasteiger partial charge in [-0.25, -0.2) is 8.70 Å². The zero-order valence-corrected chi connectivity index (χ0v) is 9.99. The number of nitrogens with one attached hydrogen (secondary N) is 1. The molecule has 1 aliphatic rings. The van der Waals surface area contributed by atoms with E-state index < -0.39 is 16.0 Å². The van der Waals surface area contributed by atoms with E-state index in [2.05, 4.69) is 4.72 Å². The Labute approximate surface area is 104 Å². The van der Waals surface area contributed by atoms with Crippen molar-refractivity contribution in [3.05, 3.63) is 54.3 Å². The number of nitrogens with zero attached hydrogens (tertiary/aromatic N) is 1. The molecule has 0 unspecified atom stereocenters. The van der Waals surface area contributed by atoms with Crippen molar-refractivity contribution >= 4 is 27.3 Å². The summed E-state index contributed by atoms with van der Waals surface area (Å²) in [5.41, 5.74) is 0.677. The van der Waals surface area contributed by atoms with E-state index in [-0.39, 0.29) is 11.4 Å². The lowest BCUT2D eigenvalue weighted by Gasteiger charge is -2.16. The summed E-state index contributed by atoms with van der Waals surface area (Å²) in [6, 6.07) is 12.6. The van der Waals surface area contributed by atoms with Crippen molar-refractivity contribution in [2.75, 3.05) is 9.03 Å². The lowest BCUT2D eigenvalue weighted by molar-refractivity contribution is 0.600. The maximum atomic E-state index is 13.8. The lowest BCUT2D eigenvalue weighted by atomic mass is 10.2. The number of hydrogen-bond acceptors (Lipinski definition) is 2. The van der Waals surface area contributed by atoms with Crippen LogP contribution in [0.15, 0.2) is 48.5 Å². The third-order valence-corrected chi connectivity index (χ3v) is 4.01. The first kappa shape index (κ1) is 11.0. The molecule has 3 rings (SSSR count). The van der Waals surface area contributed by atoms with Crippen LogP contribution in [0.4, 0.5) is 21.5 Å². The summed E-state index contributed by atoms with van der Waals surface area (Å²) in [6.45, 7) is 0. The first-order valence-electron chi connectivity index (χ1n) is 5.26. The number of fused-ring (bicyclic) bond motifs is 1. The molecule has 1 heterocycles. The highest BCUT2D eigenvalue weighted by atomic mass is 32.2. The third-order valence-electron chi connectivity index (χ3n) is 2.66. The summed E-state index contributed by atoms with van der Waals surface area (Å²) < 4.78 is 41.2. The Hall–Kier alpha value is -2.08. The van der Waals surface area contributed by atoms with Crippen LogP contribution < -0.4 is 9.03 Å². The zero-order chi connectivity index (χ0) is 12.8.